The molecule has 0 radical (unpaired) electrons. The van der Waals surface area contributed by atoms with Crippen molar-refractivity contribution in [2.24, 2.45) is 0 Å². The molecule has 0 saturated carbocycles. The van der Waals surface area contributed by atoms with E-state index in [-0.39, 0.29) is 95.7 Å². The SMILES string of the molecule is CC(C)n1c(/C=C/[C@@H](O)C[C@@H](O)CC(=O)O)c(-c2ccc(F)cc2)c2ccccc21.CC(C)n1c(/C=C/[C@@H](O)C[C@@H](O)CC(=O)O)c(-c2ccc(F)cc2)c2ccccc21.[NaH].[NaH]. The van der Waals surface area contributed by atoms with Crippen molar-refractivity contribution in [2.45, 2.75) is 89.9 Å². The van der Waals surface area contributed by atoms with E-state index in [2.05, 4.69) is 36.8 Å². The van der Waals surface area contributed by atoms with E-state index < -0.39 is 49.2 Å². The molecule has 2 heterocycles. The molecule has 6 aromatic rings. The van der Waals surface area contributed by atoms with Crippen LogP contribution in [-0.4, -0.2) is 135 Å². The number of halogens is 2. The molecule has 2 aromatic heterocycles. The summed E-state index contributed by atoms with van der Waals surface area (Å²) in [5, 5.41) is 59.7. The second-order valence-corrected chi connectivity index (χ2v) is 15.3. The molecule has 62 heavy (non-hydrogen) atoms. The second-order valence-electron chi connectivity index (χ2n) is 15.3. The third-order valence-corrected chi connectivity index (χ3v) is 10.00. The summed E-state index contributed by atoms with van der Waals surface area (Å²) >= 11 is 0. The molecule has 0 unspecified atom stereocenters. The van der Waals surface area contributed by atoms with Crippen LogP contribution in [0.4, 0.5) is 8.78 Å². The molecule has 6 N–H and O–H groups in total. The van der Waals surface area contributed by atoms with Crippen molar-refractivity contribution in [3.8, 4) is 22.3 Å². The summed E-state index contributed by atoms with van der Waals surface area (Å²) in [6, 6.07) is 28.7. The molecule has 0 aliphatic carbocycles. The van der Waals surface area contributed by atoms with E-state index >= 15 is 0 Å². The number of para-hydroxylation sites is 2. The van der Waals surface area contributed by atoms with Crippen molar-refractivity contribution in [2.75, 3.05) is 0 Å². The van der Waals surface area contributed by atoms with Gasteiger partial charge in [0.1, 0.15) is 11.6 Å². The fourth-order valence-corrected chi connectivity index (χ4v) is 7.54. The molecule has 0 aliphatic rings. The predicted octanol–water partition coefficient (Wildman–Crippen LogP) is 7.96. The Balaban J connectivity index is 0.000000320. The third kappa shape index (κ3) is 13.5. The van der Waals surface area contributed by atoms with E-state index in [0.29, 0.717) is 0 Å². The Labute approximate surface area is 404 Å². The summed E-state index contributed by atoms with van der Waals surface area (Å²) in [5.41, 5.74) is 7.30. The first kappa shape index (κ1) is 52.4. The number of aliphatic carboxylic acids is 2. The summed E-state index contributed by atoms with van der Waals surface area (Å²) < 4.78 is 31.3. The molecular weight excluding hydrogens is 817 g/mol. The second kappa shape index (κ2) is 24.2. The summed E-state index contributed by atoms with van der Waals surface area (Å²) in [5.74, 6) is -2.85. The van der Waals surface area contributed by atoms with Crippen molar-refractivity contribution in [3.63, 3.8) is 0 Å². The first-order valence-electron chi connectivity index (χ1n) is 19.9. The molecule has 0 aliphatic heterocycles. The van der Waals surface area contributed by atoms with Gasteiger partial charge in [-0.05, 0) is 87.4 Å². The van der Waals surface area contributed by atoms with Gasteiger partial charge in [0.15, 0.2) is 0 Å². The van der Waals surface area contributed by atoms with Gasteiger partial charge in [0.25, 0.3) is 0 Å². The van der Waals surface area contributed by atoms with Crippen molar-refractivity contribution >= 4 is 105 Å². The average molecular weight is 871 g/mol. The first-order chi connectivity index (χ1) is 28.5. The Bertz CT molecular complexity index is 2290. The zero-order chi connectivity index (χ0) is 43.7. The van der Waals surface area contributed by atoms with Gasteiger partial charge in [-0.1, -0.05) is 72.8 Å². The van der Waals surface area contributed by atoms with Crippen LogP contribution in [0.15, 0.2) is 109 Å². The summed E-state index contributed by atoms with van der Waals surface area (Å²) in [7, 11) is 0. The first-order valence-corrected chi connectivity index (χ1v) is 19.9. The van der Waals surface area contributed by atoms with Crippen molar-refractivity contribution in [1.82, 2.24) is 9.13 Å². The molecule has 0 saturated heterocycles. The Morgan fingerprint density at radius 1 is 0.548 bits per heavy atom. The van der Waals surface area contributed by atoms with Crippen LogP contribution in [0.5, 0.6) is 0 Å². The van der Waals surface area contributed by atoms with Crippen LogP contribution in [0.3, 0.4) is 0 Å². The van der Waals surface area contributed by atoms with Gasteiger partial charge >= 0.3 is 71.1 Å². The van der Waals surface area contributed by atoms with E-state index in [1.807, 2.05) is 48.5 Å². The number of carbonyl (C=O) groups is 2. The van der Waals surface area contributed by atoms with Crippen LogP contribution >= 0.6 is 0 Å². The van der Waals surface area contributed by atoms with Gasteiger partial charge < -0.3 is 39.8 Å². The Morgan fingerprint density at radius 2 is 0.871 bits per heavy atom. The van der Waals surface area contributed by atoms with E-state index in [9.17, 15) is 38.8 Å². The number of aromatic nitrogens is 2. The molecule has 0 amide bonds. The van der Waals surface area contributed by atoms with Gasteiger partial charge in [-0.15, -0.1) is 0 Å². The predicted molar refractivity (Wildman–Crippen MR) is 246 cm³/mol. The fourth-order valence-electron chi connectivity index (χ4n) is 7.54. The van der Waals surface area contributed by atoms with Gasteiger partial charge in [0.2, 0.25) is 0 Å². The van der Waals surface area contributed by atoms with Crippen LogP contribution in [-0.2, 0) is 9.59 Å². The molecule has 0 spiro atoms. The number of nitrogens with zero attached hydrogens (tertiary/aromatic N) is 2. The van der Waals surface area contributed by atoms with E-state index in [4.69, 9.17) is 10.2 Å². The third-order valence-electron chi connectivity index (χ3n) is 10.00. The van der Waals surface area contributed by atoms with E-state index in [1.54, 1.807) is 48.6 Å². The van der Waals surface area contributed by atoms with Gasteiger partial charge in [-0.25, -0.2) is 8.78 Å². The number of aliphatic hydroxyl groups excluding tert-OH is 4. The number of aliphatic hydroxyl groups is 4. The topological polar surface area (TPSA) is 165 Å². The zero-order valence-corrected chi connectivity index (χ0v) is 34.0. The Kier molecular flexibility index (Phi) is 20.5. The van der Waals surface area contributed by atoms with Crippen molar-refractivity contribution in [1.29, 1.82) is 0 Å². The van der Waals surface area contributed by atoms with Gasteiger partial charge in [0.05, 0.1) is 37.3 Å². The van der Waals surface area contributed by atoms with Crippen LogP contribution < -0.4 is 0 Å². The van der Waals surface area contributed by atoms with Gasteiger partial charge in [-0.2, -0.15) is 0 Å². The molecule has 0 bridgehead atoms. The Morgan fingerprint density at radius 3 is 1.18 bits per heavy atom. The monoisotopic (exact) mass is 870 g/mol. The number of hydrogen-bond acceptors (Lipinski definition) is 6. The van der Waals surface area contributed by atoms with E-state index in [1.165, 1.54) is 24.3 Å². The molecule has 320 valence electrons. The Hall–Kier alpha value is -3.92. The zero-order valence-electron chi connectivity index (χ0n) is 34.0. The van der Waals surface area contributed by atoms with Crippen LogP contribution in [0.25, 0.3) is 56.2 Å². The normalized spacial score (nSPS) is 13.5. The van der Waals surface area contributed by atoms with Crippen molar-refractivity contribution < 1.29 is 49.0 Å². The van der Waals surface area contributed by atoms with Crippen LogP contribution in [0, 0.1) is 11.6 Å². The molecule has 14 heteroatoms. The summed E-state index contributed by atoms with van der Waals surface area (Å²) in [6.45, 7) is 8.24. The molecule has 6 rings (SSSR count). The van der Waals surface area contributed by atoms with Gasteiger partial charge in [0, 0.05) is 69.2 Å². The number of fused-ring (bicyclic) bond motifs is 2. The quantitative estimate of drug-likeness (QED) is 0.0534. The minimum absolute atomic E-state index is 0. The number of carboxylic acids is 2. The summed E-state index contributed by atoms with van der Waals surface area (Å²) in [6.07, 6.45) is 1.45. The number of benzene rings is 4. The van der Waals surface area contributed by atoms with Crippen LogP contribution in [0.2, 0.25) is 0 Å². The van der Waals surface area contributed by atoms with Gasteiger partial charge in [-0.3, -0.25) is 9.59 Å². The fraction of sp³-hybridized carbons (Fsp3) is 0.292. The van der Waals surface area contributed by atoms with Crippen molar-refractivity contribution in [3.05, 3.63) is 132 Å². The number of carboxylic acid groups (broad SMARTS) is 2. The molecule has 10 nitrogen and oxygen atoms in total. The molecule has 4 aromatic carbocycles. The standard InChI is InChI=1S/2C24H26FNO4.2Na.2H/c2*1-15(2)26-21-6-4-3-5-20(21)24(16-7-9-17(25)10-8-16)22(26)12-11-18(27)13-19(28)14-23(29)30;;;;/h2*3-12,15,18-19,27-28H,13-14H2,1-2H3,(H,29,30);;;;/b2*12-11+;;;;/t2*18-,19-;;;;/m11..../s1. The minimum atomic E-state index is -1.13. The molecular formula is C48H54F2N2Na2O8. The maximum absolute atomic E-state index is 13.5. The number of rotatable bonds is 16. The maximum atomic E-state index is 13.5. The van der Waals surface area contributed by atoms with E-state index in [0.717, 1.165) is 55.4 Å². The summed E-state index contributed by atoms with van der Waals surface area (Å²) in [4.78, 5) is 21.5. The molecule has 0 fully saturated rings. The molecule has 4 atom stereocenters. The number of hydrogen-bond donors (Lipinski definition) is 6. The average Bonchev–Trinajstić information content (AvgIpc) is 3.69. The van der Waals surface area contributed by atoms with Crippen LogP contribution in [0.1, 0.15) is 76.8 Å².